The Bertz CT molecular complexity index is 612. The highest BCUT2D eigenvalue weighted by Gasteiger charge is 2.41. The van der Waals surface area contributed by atoms with Gasteiger partial charge in [0.25, 0.3) is 5.89 Å². The molecule has 1 aliphatic heterocycles. The molecule has 0 bridgehead atoms. The third kappa shape index (κ3) is 2.45. The molecule has 20 heavy (non-hydrogen) atoms. The summed E-state index contributed by atoms with van der Waals surface area (Å²) in [4.78, 5) is 18.2. The predicted molar refractivity (Wildman–Crippen MR) is 72.1 cm³/mol. The van der Waals surface area contributed by atoms with Gasteiger partial charge in [0.05, 0.1) is 11.4 Å². The van der Waals surface area contributed by atoms with Gasteiger partial charge in [0, 0.05) is 13.1 Å². The van der Waals surface area contributed by atoms with Gasteiger partial charge in [-0.15, -0.1) is 11.3 Å². The molecule has 7 nitrogen and oxygen atoms in total. The zero-order chi connectivity index (χ0) is 14.2. The normalized spacial score (nSPS) is 23.2. The monoisotopic (exact) mass is 294 g/mol. The summed E-state index contributed by atoms with van der Waals surface area (Å²) in [5.41, 5.74) is 4.66. The van der Waals surface area contributed by atoms with E-state index in [9.17, 15) is 4.79 Å². The summed E-state index contributed by atoms with van der Waals surface area (Å²) in [6.45, 7) is 1.36. The quantitative estimate of drug-likeness (QED) is 0.858. The van der Waals surface area contributed by atoms with E-state index in [1.165, 1.54) is 11.3 Å². The summed E-state index contributed by atoms with van der Waals surface area (Å²) in [7, 11) is 0. The number of aliphatic carboxylic acids is 1. The minimum Gasteiger partial charge on any atom is -0.480 e. The molecule has 1 atom stereocenters. The summed E-state index contributed by atoms with van der Waals surface area (Å²) in [6.07, 6.45) is 0.429. The van der Waals surface area contributed by atoms with Crippen molar-refractivity contribution in [1.82, 2.24) is 15.0 Å². The summed E-state index contributed by atoms with van der Waals surface area (Å²) >= 11 is 1.53. The number of carboxylic acid groups (broad SMARTS) is 1. The molecule has 0 aromatic carbocycles. The fraction of sp³-hybridized carbons (Fsp3) is 0.417. The average molecular weight is 294 g/mol. The van der Waals surface area contributed by atoms with Crippen molar-refractivity contribution in [3.05, 3.63) is 23.3 Å². The maximum absolute atomic E-state index is 11.1. The first-order valence-electron chi connectivity index (χ1n) is 6.18. The van der Waals surface area contributed by atoms with Crippen molar-refractivity contribution in [1.29, 1.82) is 0 Å². The Balaban J connectivity index is 1.66. The van der Waals surface area contributed by atoms with Crippen LogP contribution in [0.2, 0.25) is 0 Å². The number of likely N-dealkylation sites (tertiary alicyclic amines) is 1. The smallest absolute Gasteiger partial charge is 0.325 e. The number of nitrogens with zero attached hydrogens (tertiary/aromatic N) is 3. The number of nitrogens with two attached hydrogens (primary N) is 1. The highest BCUT2D eigenvalue weighted by molar-refractivity contribution is 7.13. The van der Waals surface area contributed by atoms with Crippen molar-refractivity contribution >= 4 is 17.3 Å². The Labute approximate surface area is 119 Å². The van der Waals surface area contributed by atoms with Crippen LogP contribution in [0.1, 0.15) is 12.2 Å². The van der Waals surface area contributed by atoms with Crippen molar-refractivity contribution in [2.45, 2.75) is 18.5 Å². The molecule has 0 amide bonds. The van der Waals surface area contributed by atoms with E-state index < -0.39 is 11.5 Å². The zero-order valence-electron chi connectivity index (χ0n) is 10.7. The number of thiophene rings is 1. The lowest BCUT2D eigenvalue weighted by atomic mass is 10.0. The average Bonchev–Trinajstić information content (AvgIpc) is 3.10. The van der Waals surface area contributed by atoms with E-state index in [2.05, 4.69) is 10.1 Å². The molecule has 0 saturated carbocycles. The fourth-order valence-electron chi connectivity index (χ4n) is 2.24. The van der Waals surface area contributed by atoms with Gasteiger partial charge < -0.3 is 15.4 Å². The van der Waals surface area contributed by atoms with Crippen LogP contribution in [0.15, 0.2) is 22.0 Å². The second-order valence-corrected chi connectivity index (χ2v) is 5.86. The summed E-state index contributed by atoms with van der Waals surface area (Å²) < 4.78 is 5.19. The Morgan fingerprint density at radius 3 is 3.15 bits per heavy atom. The van der Waals surface area contributed by atoms with E-state index in [1.807, 2.05) is 22.4 Å². The summed E-state index contributed by atoms with van der Waals surface area (Å²) in [5.74, 6) is 0.0712. The zero-order valence-corrected chi connectivity index (χ0v) is 11.5. The van der Waals surface area contributed by atoms with Crippen LogP contribution in [0.25, 0.3) is 10.8 Å². The first-order chi connectivity index (χ1) is 9.57. The van der Waals surface area contributed by atoms with E-state index >= 15 is 0 Å². The molecule has 0 radical (unpaired) electrons. The molecule has 0 aliphatic carbocycles. The molecule has 8 heteroatoms. The molecule has 3 rings (SSSR count). The van der Waals surface area contributed by atoms with Crippen LogP contribution in [0.3, 0.4) is 0 Å². The van der Waals surface area contributed by atoms with Gasteiger partial charge in [-0.3, -0.25) is 9.69 Å². The molecule has 1 saturated heterocycles. The van der Waals surface area contributed by atoms with E-state index in [4.69, 9.17) is 15.4 Å². The van der Waals surface area contributed by atoms with Crippen LogP contribution in [0.4, 0.5) is 0 Å². The van der Waals surface area contributed by atoms with Gasteiger partial charge in [0.1, 0.15) is 5.54 Å². The minimum absolute atomic E-state index is 0.297. The third-order valence-corrected chi connectivity index (χ3v) is 4.23. The summed E-state index contributed by atoms with van der Waals surface area (Å²) in [6, 6.07) is 3.83. The molecular formula is C12H14N4O3S. The van der Waals surface area contributed by atoms with Gasteiger partial charge in [0.15, 0.2) is 5.82 Å². The molecule has 3 N–H and O–H groups in total. The van der Waals surface area contributed by atoms with E-state index in [0.717, 1.165) is 4.88 Å². The van der Waals surface area contributed by atoms with Gasteiger partial charge in [-0.1, -0.05) is 11.2 Å². The minimum atomic E-state index is -1.17. The lowest BCUT2D eigenvalue weighted by Crippen LogP contribution is -2.50. The van der Waals surface area contributed by atoms with Gasteiger partial charge in [-0.25, -0.2) is 0 Å². The van der Waals surface area contributed by atoms with Crippen LogP contribution < -0.4 is 5.73 Å². The Kier molecular flexibility index (Phi) is 3.28. The fourth-order valence-corrected chi connectivity index (χ4v) is 2.89. The second kappa shape index (κ2) is 4.97. The maximum Gasteiger partial charge on any atom is 0.325 e. The van der Waals surface area contributed by atoms with E-state index in [1.54, 1.807) is 0 Å². The van der Waals surface area contributed by atoms with Gasteiger partial charge in [-0.05, 0) is 17.9 Å². The standard InChI is InChI=1S/C12H14N4O3S/c13-12(11(17)18)3-4-16(7-12)6-9-14-10(19-15-9)8-2-1-5-20-8/h1-2,5H,3-4,6-7,13H2,(H,17,18). The van der Waals surface area contributed by atoms with E-state index in [-0.39, 0.29) is 0 Å². The topological polar surface area (TPSA) is 105 Å². The van der Waals surface area contributed by atoms with Crippen LogP contribution in [-0.2, 0) is 11.3 Å². The number of hydrogen-bond acceptors (Lipinski definition) is 7. The molecule has 1 fully saturated rings. The van der Waals surface area contributed by atoms with Gasteiger partial charge >= 0.3 is 5.97 Å². The lowest BCUT2D eigenvalue weighted by Gasteiger charge is -2.18. The lowest BCUT2D eigenvalue weighted by molar-refractivity contribution is -0.142. The number of aromatic nitrogens is 2. The first kappa shape index (κ1) is 13.2. The maximum atomic E-state index is 11.1. The van der Waals surface area contributed by atoms with Crippen LogP contribution >= 0.6 is 11.3 Å². The largest absolute Gasteiger partial charge is 0.480 e. The molecule has 2 aromatic heterocycles. The van der Waals surface area contributed by atoms with Gasteiger partial charge in [-0.2, -0.15) is 4.98 Å². The highest BCUT2D eigenvalue weighted by atomic mass is 32.1. The Morgan fingerprint density at radius 2 is 2.50 bits per heavy atom. The Hall–Kier alpha value is -1.77. The molecular weight excluding hydrogens is 280 g/mol. The number of carbonyl (C=O) groups is 1. The van der Waals surface area contributed by atoms with Crippen molar-refractivity contribution in [2.75, 3.05) is 13.1 Å². The summed E-state index contributed by atoms with van der Waals surface area (Å²) in [5, 5.41) is 14.9. The molecule has 1 aliphatic rings. The SMILES string of the molecule is NC1(C(=O)O)CCN(Cc2noc(-c3cccs3)n2)C1. The molecule has 1 unspecified atom stereocenters. The Morgan fingerprint density at radius 1 is 1.65 bits per heavy atom. The number of carboxylic acids is 1. The molecule has 0 spiro atoms. The molecule has 3 heterocycles. The third-order valence-electron chi connectivity index (χ3n) is 3.37. The molecule has 106 valence electrons. The second-order valence-electron chi connectivity index (χ2n) is 4.92. The van der Waals surface area contributed by atoms with Crippen LogP contribution in [0, 0.1) is 0 Å². The molecule has 2 aromatic rings. The van der Waals surface area contributed by atoms with Crippen LogP contribution in [0.5, 0.6) is 0 Å². The highest BCUT2D eigenvalue weighted by Crippen LogP contribution is 2.24. The van der Waals surface area contributed by atoms with E-state index in [0.29, 0.717) is 37.8 Å². The van der Waals surface area contributed by atoms with Gasteiger partial charge in [0.2, 0.25) is 0 Å². The van der Waals surface area contributed by atoms with Crippen molar-refractivity contribution in [3.8, 4) is 10.8 Å². The van der Waals surface area contributed by atoms with Crippen LogP contribution in [-0.4, -0.2) is 44.7 Å². The van der Waals surface area contributed by atoms with Crippen molar-refractivity contribution < 1.29 is 14.4 Å². The number of rotatable bonds is 4. The van der Waals surface area contributed by atoms with Crippen molar-refractivity contribution in [2.24, 2.45) is 5.73 Å². The first-order valence-corrected chi connectivity index (χ1v) is 7.06. The van der Waals surface area contributed by atoms with Crippen molar-refractivity contribution in [3.63, 3.8) is 0 Å². The predicted octanol–water partition coefficient (Wildman–Crippen LogP) is 0.786. The number of hydrogen-bond donors (Lipinski definition) is 2.